The number of carbonyl (C=O) groups excluding carboxylic acids is 2. The van der Waals surface area contributed by atoms with E-state index in [-0.39, 0.29) is 35.7 Å². The maximum atomic E-state index is 12.2. The summed E-state index contributed by atoms with van der Waals surface area (Å²) in [5, 5.41) is 0.153. The summed E-state index contributed by atoms with van der Waals surface area (Å²) >= 11 is 5.74. The van der Waals surface area contributed by atoms with E-state index >= 15 is 0 Å². The summed E-state index contributed by atoms with van der Waals surface area (Å²) in [6.45, 7) is 0.384. The minimum absolute atomic E-state index is 0.0115. The minimum Gasteiger partial charge on any atom is -0.492 e. The monoisotopic (exact) mass is 409 g/mol. The van der Waals surface area contributed by atoms with Crippen LogP contribution in [-0.2, 0) is 10.1 Å². The Bertz CT molecular complexity index is 970. The second kappa shape index (κ2) is 7.67. The normalized spacial score (nSPS) is 13.8. The fourth-order valence-electron chi connectivity index (χ4n) is 2.80. The maximum Gasteiger partial charge on any atom is 0.298 e. The van der Waals surface area contributed by atoms with Gasteiger partial charge in [-0.2, -0.15) is 8.42 Å². The summed E-state index contributed by atoms with van der Waals surface area (Å²) in [7, 11) is -4.46. The van der Waals surface area contributed by atoms with Crippen molar-refractivity contribution in [2.45, 2.75) is 17.7 Å². The number of amides is 2. The molecule has 0 spiro atoms. The molecule has 0 atom stereocenters. The smallest absolute Gasteiger partial charge is 0.298 e. The van der Waals surface area contributed by atoms with Crippen LogP contribution in [0, 0.1) is 0 Å². The number of halogens is 1. The molecule has 0 unspecified atom stereocenters. The van der Waals surface area contributed by atoms with E-state index < -0.39 is 15.0 Å². The molecule has 2 aromatic carbocycles. The van der Waals surface area contributed by atoms with E-state index in [1.165, 1.54) is 17.0 Å². The number of hydrogen-bond donors (Lipinski definition) is 1. The van der Waals surface area contributed by atoms with E-state index in [1.54, 1.807) is 24.3 Å². The molecule has 1 N–H and O–H groups in total. The van der Waals surface area contributed by atoms with E-state index in [1.807, 2.05) is 0 Å². The molecular formula is C18H16ClNO6S. The molecule has 3 rings (SSSR count). The highest BCUT2D eigenvalue weighted by Gasteiger charge is 2.34. The van der Waals surface area contributed by atoms with Gasteiger partial charge in [0.05, 0.1) is 17.7 Å². The van der Waals surface area contributed by atoms with Gasteiger partial charge in [0, 0.05) is 11.6 Å². The van der Waals surface area contributed by atoms with Crippen LogP contribution in [-0.4, -0.2) is 42.8 Å². The van der Waals surface area contributed by atoms with Gasteiger partial charge in [-0.3, -0.25) is 19.0 Å². The summed E-state index contributed by atoms with van der Waals surface area (Å²) < 4.78 is 37.4. The Morgan fingerprint density at radius 2 is 1.63 bits per heavy atom. The van der Waals surface area contributed by atoms with Crippen LogP contribution in [0.3, 0.4) is 0 Å². The van der Waals surface area contributed by atoms with Crippen LogP contribution in [0.25, 0.3) is 0 Å². The van der Waals surface area contributed by atoms with Gasteiger partial charge < -0.3 is 4.74 Å². The van der Waals surface area contributed by atoms with E-state index in [2.05, 4.69) is 0 Å². The molecule has 0 radical (unpaired) electrons. The molecule has 0 aliphatic carbocycles. The Hall–Kier alpha value is -2.42. The lowest BCUT2D eigenvalue weighted by molar-refractivity contribution is 0.0649. The van der Waals surface area contributed by atoms with Crippen LogP contribution in [0.15, 0.2) is 47.4 Å². The van der Waals surface area contributed by atoms with Crippen molar-refractivity contribution >= 4 is 33.5 Å². The van der Waals surface area contributed by atoms with Gasteiger partial charge in [0.15, 0.2) is 0 Å². The lowest BCUT2D eigenvalue weighted by Gasteiger charge is -2.14. The third-order valence-corrected chi connectivity index (χ3v) is 5.21. The number of nitrogens with zero attached hydrogens (tertiary/aromatic N) is 1. The molecule has 2 aromatic rings. The second-order valence-electron chi connectivity index (χ2n) is 5.93. The Balaban J connectivity index is 1.54. The molecule has 7 nitrogen and oxygen atoms in total. The summed E-state index contributed by atoms with van der Waals surface area (Å²) in [6.07, 6.45) is 0.960. The third kappa shape index (κ3) is 4.13. The molecule has 0 aromatic heterocycles. The van der Waals surface area contributed by atoms with Gasteiger partial charge in [0.1, 0.15) is 10.6 Å². The first kappa shape index (κ1) is 19.3. The van der Waals surface area contributed by atoms with Crippen LogP contribution in [0.5, 0.6) is 5.75 Å². The average molecular weight is 410 g/mol. The fraction of sp³-hybridized carbons (Fsp3) is 0.222. The Morgan fingerprint density at radius 3 is 2.22 bits per heavy atom. The highest BCUT2D eigenvalue weighted by Crippen LogP contribution is 2.27. The van der Waals surface area contributed by atoms with E-state index in [0.717, 1.165) is 6.07 Å². The number of rotatable bonds is 7. The molecule has 1 aliphatic rings. The van der Waals surface area contributed by atoms with Gasteiger partial charge in [-0.05, 0) is 43.2 Å². The Kier molecular flexibility index (Phi) is 5.50. The summed E-state index contributed by atoms with van der Waals surface area (Å²) in [6, 6.07) is 10.6. The van der Waals surface area contributed by atoms with Crippen molar-refractivity contribution in [3.8, 4) is 5.75 Å². The zero-order valence-corrected chi connectivity index (χ0v) is 15.7. The third-order valence-electron chi connectivity index (χ3n) is 4.10. The fourth-order valence-corrected chi connectivity index (χ4v) is 3.69. The number of carbonyl (C=O) groups is 2. The number of imide groups is 1. The molecule has 0 bridgehead atoms. The van der Waals surface area contributed by atoms with Crippen molar-refractivity contribution in [2.75, 3.05) is 13.2 Å². The summed E-state index contributed by atoms with van der Waals surface area (Å²) in [5.41, 5.74) is 0.801. The average Bonchev–Trinajstić information content (AvgIpc) is 2.86. The first-order valence-corrected chi connectivity index (χ1v) is 9.96. The summed E-state index contributed by atoms with van der Waals surface area (Å²) in [5.74, 6) is -0.645. The number of fused-ring (bicyclic) bond motifs is 1. The van der Waals surface area contributed by atoms with Gasteiger partial charge in [0.2, 0.25) is 0 Å². The van der Waals surface area contributed by atoms with E-state index in [9.17, 15) is 22.6 Å². The topological polar surface area (TPSA) is 101 Å². The lowest BCUT2D eigenvalue weighted by atomic mass is 10.1. The van der Waals surface area contributed by atoms with Crippen LogP contribution >= 0.6 is 11.6 Å². The molecule has 2 amide bonds. The number of hydrogen-bond acceptors (Lipinski definition) is 5. The molecule has 0 fully saturated rings. The summed E-state index contributed by atoms with van der Waals surface area (Å²) in [4.78, 5) is 25.3. The van der Waals surface area contributed by atoms with Gasteiger partial charge in [-0.1, -0.05) is 23.7 Å². The molecule has 27 heavy (non-hydrogen) atoms. The van der Waals surface area contributed by atoms with E-state index in [0.29, 0.717) is 24.0 Å². The van der Waals surface area contributed by atoms with Gasteiger partial charge in [0.25, 0.3) is 21.9 Å². The molecule has 0 saturated carbocycles. The van der Waals surface area contributed by atoms with Crippen LogP contribution in [0.1, 0.15) is 33.6 Å². The largest absolute Gasteiger partial charge is 0.492 e. The molecule has 142 valence electrons. The molecule has 9 heteroatoms. The van der Waals surface area contributed by atoms with Crippen molar-refractivity contribution in [2.24, 2.45) is 0 Å². The minimum atomic E-state index is -4.46. The van der Waals surface area contributed by atoms with Gasteiger partial charge in [-0.15, -0.1) is 0 Å². The quantitative estimate of drug-likeness (QED) is 0.428. The van der Waals surface area contributed by atoms with Gasteiger partial charge >= 0.3 is 0 Å². The molecule has 1 heterocycles. The zero-order valence-electron chi connectivity index (χ0n) is 14.1. The SMILES string of the molecule is O=C1c2ccccc2C(=O)N1CCCCOc1ccc(Cl)cc1S(=O)(=O)O. The zero-order chi connectivity index (χ0) is 19.6. The maximum absolute atomic E-state index is 12.2. The highest BCUT2D eigenvalue weighted by atomic mass is 35.5. The molecule has 1 aliphatic heterocycles. The van der Waals surface area contributed by atoms with Crippen LogP contribution < -0.4 is 4.74 Å². The predicted octanol–water partition coefficient (Wildman–Crippen LogP) is 3.04. The first-order chi connectivity index (χ1) is 12.8. The van der Waals surface area contributed by atoms with Crippen LogP contribution in [0.2, 0.25) is 5.02 Å². The number of unbranched alkanes of at least 4 members (excludes halogenated alkanes) is 1. The predicted molar refractivity (Wildman–Crippen MR) is 97.8 cm³/mol. The van der Waals surface area contributed by atoms with Crippen molar-refractivity contribution < 1.29 is 27.3 Å². The standard InChI is InChI=1S/C18H16ClNO6S/c19-12-7-8-15(16(11-12)27(23,24)25)26-10-4-3-9-20-17(21)13-5-1-2-6-14(13)18(20)22/h1-2,5-8,11H,3-4,9-10H2,(H,23,24,25). The Labute approximate surface area is 161 Å². The lowest BCUT2D eigenvalue weighted by Crippen LogP contribution is -2.30. The van der Waals surface area contributed by atoms with Crippen molar-refractivity contribution in [1.82, 2.24) is 4.90 Å². The van der Waals surface area contributed by atoms with Crippen molar-refractivity contribution in [3.05, 3.63) is 58.6 Å². The highest BCUT2D eigenvalue weighted by molar-refractivity contribution is 7.86. The first-order valence-electron chi connectivity index (χ1n) is 8.14. The molecular weight excluding hydrogens is 394 g/mol. The van der Waals surface area contributed by atoms with E-state index in [4.69, 9.17) is 16.3 Å². The second-order valence-corrected chi connectivity index (χ2v) is 7.76. The Morgan fingerprint density at radius 1 is 1.00 bits per heavy atom. The number of benzene rings is 2. The molecule has 0 saturated heterocycles. The van der Waals surface area contributed by atoms with Crippen molar-refractivity contribution in [3.63, 3.8) is 0 Å². The van der Waals surface area contributed by atoms with Crippen LogP contribution in [0.4, 0.5) is 0 Å². The van der Waals surface area contributed by atoms with Crippen molar-refractivity contribution in [1.29, 1.82) is 0 Å². The number of ether oxygens (including phenoxy) is 1. The van der Waals surface area contributed by atoms with Gasteiger partial charge in [-0.25, -0.2) is 0 Å².